The molecule has 18 heavy (non-hydrogen) atoms. The van der Waals surface area contributed by atoms with Gasteiger partial charge in [0.1, 0.15) is 6.54 Å². The van der Waals surface area contributed by atoms with Crippen LogP contribution in [0.3, 0.4) is 0 Å². The average molecular weight is 278 g/mol. The summed E-state index contributed by atoms with van der Waals surface area (Å²) in [6.45, 7) is 4.52. The molecule has 0 amide bonds. The molecule has 1 aliphatic rings. The highest BCUT2D eigenvalue weighted by Gasteiger charge is 2.32. The van der Waals surface area contributed by atoms with E-state index in [1.807, 2.05) is 13.8 Å². The lowest BCUT2D eigenvalue weighted by atomic mass is 10.2. The molecule has 106 valence electrons. The van der Waals surface area contributed by atoms with Crippen LogP contribution in [0.2, 0.25) is 0 Å². The van der Waals surface area contributed by atoms with Gasteiger partial charge in [-0.15, -0.1) is 0 Å². The van der Waals surface area contributed by atoms with Crippen LogP contribution in [0.1, 0.15) is 33.1 Å². The van der Waals surface area contributed by atoms with Crippen LogP contribution in [0, 0.1) is 5.92 Å². The number of rotatable bonds is 6. The van der Waals surface area contributed by atoms with Crippen molar-refractivity contribution in [3.63, 3.8) is 0 Å². The molecule has 0 aromatic rings. The largest absolute Gasteiger partial charge is 0.480 e. The summed E-state index contributed by atoms with van der Waals surface area (Å²) in [5, 5.41) is 8.83. The van der Waals surface area contributed by atoms with E-state index in [0.29, 0.717) is 13.1 Å². The van der Waals surface area contributed by atoms with Crippen LogP contribution < -0.4 is 0 Å². The fraction of sp³-hybridized carbons (Fsp3) is 0.909. The van der Waals surface area contributed by atoms with E-state index in [9.17, 15) is 13.2 Å². The summed E-state index contributed by atoms with van der Waals surface area (Å²) in [5.74, 6) is -1.01. The van der Waals surface area contributed by atoms with Crippen LogP contribution in [-0.2, 0) is 15.0 Å². The van der Waals surface area contributed by atoms with E-state index in [-0.39, 0.29) is 12.5 Å². The number of hydrogen-bond donors (Lipinski definition) is 1. The predicted octanol–water partition coefficient (Wildman–Crippen LogP) is 0.760. The molecule has 1 fully saturated rings. The quantitative estimate of drug-likeness (QED) is 0.778. The molecular weight excluding hydrogens is 256 g/mol. The molecule has 0 bridgehead atoms. The van der Waals surface area contributed by atoms with E-state index in [1.165, 1.54) is 4.31 Å². The van der Waals surface area contributed by atoms with Gasteiger partial charge in [-0.05, 0) is 18.8 Å². The van der Waals surface area contributed by atoms with Crippen LogP contribution in [0.5, 0.6) is 0 Å². The maximum Gasteiger partial charge on any atom is 0.318 e. The van der Waals surface area contributed by atoms with E-state index in [4.69, 9.17) is 5.11 Å². The minimum atomic E-state index is -3.63. The Labute approximate surface area is 109 Å². The molecule has 0 radical (unpaired) electrons. The molecule has 0 atom stereocenters. The van der Waals surface area contributed by atoms with Gasteiger partial charge in [0, 0.05) is 19.6 Å². The summed E-state index contributed by atoms with van der Waals surface area (Å²) in [5.41, 5.74) is 0. The smallest absolute Gasteiger partial charge is 0.318 e. The van der Waals surface area contributed by atoms with Crippen molar-refractivity contribution in [3.05, 3.63) is 0 Å². The SMILES string of the molecule is CC(C)CN(CC(=O)O)S(=O)(=O)N1CCCCC1. The molecule has 0 spiro atoms. The summed E-state index contributed by atoms with van der Waals surface area (Å²) in [6.07, 6.45) is 2.73. The summed E-state index contributed by atoms with van der Waals surface area (Å²) in [6, 6.07) is 0. The van der Waals surface area contributed by atoms with Crippen molar-refractivity contribution in [1.29, 1.82) is 0 Å². The number of carbonyl (C=O) groups is 1. The standard InChI is InChI=1S/C11H22N2O4S/c1-10(2)8-13(9-11(14)15)18(16,17)12-6-4-3-5-7-12/h10H,3-9H2,1-2H3,(H,14,15). The Balaban J connectivity index is 2.83. The minimum Gasteiger partial charge on any atom is -0.480 e. The lowest BCUT2D eigenvalue weighted by Crippen LogP contribution is -2.48. The number of carboxylic acids is 1. The summed E-state index contributed by atoms with van der Waals surface area (Å²) in [4.78, 5) is 10.8. The fourth-order valence-electron chi connectivity index (χ4n) is 2.06. The van der Waals surface area contributed by atoms with Crippen molar-refractivity contribution < 1.29 is 18.3 Å². The summed E-state index contributed by atoms with van der Waals surface area (Å²) < 4.78 is 27.2. The molecule has 0 aromatic heterocycles. The van der Waals surface area contributed by atoms with Gasteiger partial charge in [-0.2, -0.15) is 17.0 Å². The number of piperidine rings is 1. The van der Waals surface area contributed by atoms with Crippen LogP contribution >= 0.6 is 0 Å². The minimum absolute atomic E-state index is 0.101. The predicted molar refractivity (Wildman–Crippen MR) is 68.4 cm³/mol. The zero-order chi connectivity index (χ0) is 13.8. The molecule has 0 aliphatic carbocycles. The third-order valence-electron chi connectivity index (χ3n) is 2.85. The maximum absolute atomic E-state index is 12.3. The van der Waals surface area contributed by atoms with Crippen molar-refractivity contribution in [1.82, 2.24) is 8.61 Å². The number of nitrogens with zero attached hydrogens (tertiary/aromatic N) is 2. The van der Waals surface area contributed by atoms with Crippen molar-refractivity contribution in [2.75, 3.05) is 26.2 Å². The fourth-order valence-corrected chi connectivity index (χ4v) is 3.86. The second kappa shape index (κ2) is 6.49. The van der Waals surface area contributed by atoms with Crippen molar-refractivity contribution in [3.8, 4) is 0 Å². The van der Waals surface area contributed by atoms with Gasteiger partial charge in [-0.1, -0.05) is 20.3 Å². The lowest BCUT2D eigenvalue weighted by Gasteiger charge is -2.32. The highest BCUT2D eigenvalue weighted by Crippen LogP contribution is 2.17. The van der Waals surface area contributed by atoms with Gasteiger partial charge in [0.2, 0.25) is 0 Å². The normalized spacial score (nSPS) is 18.4. The topological polar surface area (TPSA) is 77.9 Å². The zero-order valence-electron chi connectivity index (χ0n) is 11.0. The van der Waals surface area contributed by atoms with Crippen LogP contribution in [0.4, 0.5) is 0 Å². The maximum atomic E-state index is 12.3. The Morgan fingerprint density at radius 3 is 2.28 bits per heavy atom. The van der Waals surface area contributed by atoms with E-state index >= 15 is 0 Å². The van der Waals surface area contributed by atoms with Gasteiger partial charge < -0.3 is 5.11 Å². The van der Waals surface area contributed by atoms with E-state index in [1.54, 1.807) is 0 Å². The molecule has 0 unspecified atom stereocenters. The number of aliphatic carboxylic acids is 1. The molecule has 1 saturated heterocycles. The Kier molecular flexibility index (Phi) is 5.55. The highest BCUT2D eigenvalue weighted by molar-refractivity contribution is 7.86. The van der Waals surface area contributed by atoms with E-state index in [0.717, 1.165) is 23.6 Å². The first-order valence-corrected chi connectivity index (χ1v) is 7.70. The molecule has 1 aliphatic heterocycles. The molecule has 0 aromatic carbocycles. The second-order valence-corrected chi connectivity index (χ2v) is 6.98. The average Bonchev–Trinajstić information content (AvgIpc) is 2.28. The molecule has 1 heterocycles. The molecule has 1 N–H and O–H groups in total. The van der Waals surface area contributed by atoms with Crippen LogP contribution in [0.25, 0.3) is 0 Å². The van der Waals surface area contributed by atoms with Gasteiger partial charge in [-0.25, -0.2) is 0 Å². The monoisotopic (exact) mass is 278 g/mol. The Morgan fingerprint density at radius 1 is 1.28 bits per heavy atom. The van der Waals surface area contributed by atoms with Crippen molar-refractivity contribution >= 4 is 16.2 Å². The summed E-state index contributed by atoms with van der Waals surface area (Å²) in [7, 11) is -3.63. The van der Waals surface area contributed by atoms with Crippen LogP contribution in [0.15, 0.2) is 0 Å². The summed E-state index contributed by atoms with van der Waals surface area (Å²) >= 11 is 0. The lowest BCUT2D eigenvalue weighted by molar-refractivity contribution is -0.137. The van der Waals surface area contributed by atoms with Crippen molar-refractivity contribution in [2.45, 2.75) is 33.1 Å². The van der Waals surface area contributed by atoms with E-state index < -0.39 is 22.7 Å². The Bertz CT molecular complexity index is 375. The van der Waals surface area contributed by atoms with Gasteiger partial charge >= 0.3 is 5.97 Å². The first kappa shape index (κ1) is 15.4. The molecule has 6 nitrogen and oxygen atoms in total. The zero-order valence-corrected chi connectivity index (χ0v) is 11.8. The van der Waals surface area contributed by atoms with Gasteiger partial charge in [0.05, 0.1) is 0 Å². The molecular formula is C11H22N2O4S. The molecule has 0 saturated carbocycles. The van der Waals surface area contributed by atoms with Crippen LogP contribution in [-0.4, -0.2) is 54.3 Å². The van der Waals surface area contributed by atoms with Gasteiger partial charge in [-0.3, -0.25) is 4.79 Å². The first-order valence-electron chi connectivity index (χ1n) is 6.31. The second-order valence-electron chi connectivity index (χ2n) is 5.05. The van der Waals surface area contributed by atoms with Gasteiger partial charge in [0.15, 0.2) is 0 Å². The highest BCUT2D eigenvalue weighted by atomic mass is 32.2. The number of hydrogen-bond acceptors (Lipinski definition) is 3. The first-order chi connectivity index (χ1) is 8.34. The number of carboxylic acid groups (broad SMARTS) is 1. The van der Waals surface area contributed by atoms with E-state index in [2.05, 4.69) is 0 Å². The Morgan fingerprint density at radius 2 is 1.83 bits per heavy atom. The Hall–Kier alpha value is -0.660. The molecule has 7 heteroatoms. The van der Waals surface area contributed by atoms with Crippen molar-refractivity contribution in [2.24, 2.45) is 5.92 Å². The third kappa shape index (κ3) is 4.22. The third-order valence-corrected chi connectivity index (χ3v) is 4.80. The molecule has 1 rings (SSSR count). The van der Waals surface area contributed by atoms with Gasteiger partial charge in [0.25, 0.3) is 10.2 Å².